The first-order valence-electron chi connectivity index (χ1n) is 12.3. The normalized spacial score (nSPS) is 17.3. The molecule has 0 bridgehead atoms. The molecular weight excluding hydrogens is 508 g/mol. The molecule has 1 aliphatic rings. The van der Waals surface area contributed by atoms with Crippen LogP contribution in [-0.2, 0) is 0 Å². The molecule has 2 heterocycles. The molecule has 1 amide bonds. The van der Waals surface area contributed by atoms with Gasteiger partial charge in [-0.3, -0.25) is 4.79 Å². The van der Waals surface area contributed by atoms with Gasteiger partial charge in [-0.25, -0.2) is 4.98 Å². The van der Waals surface area contributed by atoms with Crippen LogP contribution in [0.15, 0.2) is 42.5 Å². The zero-order valence-electron chi connectivity index (χ0n) is 21.1. The zero-order valence-corrected chi connectivity index (χ0v) is 21.8. The van der Waals surface area contributed by atoms with Gasteiger partial charge in [0.25, 0.3) is 5.91 Å². The van der Waals surface area contributed by atoms with Crippen molar-refractivity contribution < 1.29 is 14.3 Å². The minimum absolute atomic E-state index is 0.0309. The quantitative estimate of drug-likeness (QED) is 0.261. The highest BCUT2D eigenvalue weighted by atomic mass is 35.5. The van der Waals surface area contributed by atoms with Crippen molar-refractivity contribution in [3.63, 3.8) is 0 Å². The lowest BCUT2D eigenvalue weighted by atomic mass is 9.91. The molecule has 4 aromatic rings. The number of nitrogens with zero attached hydrogens (tertiary/aromatic N) is 4. The van der Waals surface area contributed by atoms with Crippen molar-refractivity contribution >= 4 is 40.6 Å². The molecule has 38 heavy (non-hydrogen) atoms. The van der Waals surface area contributed by atoms with Crippen LogP contribution in [0.2, 0.25) is 5.02 Å². The average Bonchev–Trinajstić information content (AvgIpc) is 3.34. The molecule has 12 heteroatoms. The minimum atomic E-state index is -0.723. The molecule has 1 saturated carbocycles. The number of nitrogens with two attached hydrogens (primary N) is 2. The molecule has 2 aromatic heterocycles. The van der Waals surface area contributed by atoms with E-state index in [2.05, 4.69) is 20.7 Å². The van der Waals surface area contributed by atoms with Gasteiger partial charge in [0.1, 0.15) is 17.1 Å². The maximum atomic E-state index is 12.8. The van der Waals surface area contributed by atoms with Gasteiger partial charge in [-0.05, 0) is 25.0 Å². The van der Waals surface area contributed by atoms with E-state index in [0.29, 0.717) is 39.5 Å². The van der Waals surface area contributed by atoms with E-state index in [1.165, 1.54) is 4.52 Å². The molecule has 198 valence electrons. The van der Waals surface area contributed by atoms with Crippen LogP contribution in [0, 0.1) is 0 Å². The van der Waals surface area contributed by atoms with E-state index >= 15 is 0 Å². The number of carbonyl (C=O) groups is 1. The predicted molar refractivity (Wildman–Crippen MR) is 146 cm³/mol. The van der Waals surface area contributed by atoms with Crippen LogP contribution in [0.1, 0.15) is 36.0 Å². The molecule has 0 saturated heterocycles. The van der Waals surface area contributed by atoms with E-state index in [4.69, 9.17) is 37.5 Å². The second-order valence-corrected chi connectivity index (χ2v) is 9.51. The Morgan fingerprint density at radius 1 is 1.08 bits per heavy atom. The van der Waals surface area contributed by atoms with Crippen LogP contribution in [0.5, 0.6) is 11.5 Å². The fourth-order valence-electron chi connectivity index (χ4n) is 4.62. The van der Waals surface area contributed by atoms with Crippen molar-refractivity contribution in [2.75, 3.05) is 24.9 Å². The van der Waals surface area contributed by atoms with Gasteiger partial charge in [0, 0.05) is 41.5 Å². The van der Waals surface area contributed by atoms with Crippen molar-refractivity contribution in [3.8, 4) is 22.9 Å². The zero-order chi connectivity index (χ0) is 26.8. The van der Waals surface area contributed by atoms with Gasteiger partial charge in [-0.2, -0.15) is 9.50 Å². The van der Waals surface area contributed by atoms with Crippen molar-refractivity contribution in [1.82, 2.24) is 19.6 Å². The van der Waals surface area contributed by atoms with E-state index in [9.17, 15) is 4.79 Å². The van der Waals surface area contributed by atoms with Crippen molar-refractivity contribution in [3.05, 3.63) is 53.1 Å². The number of rotatable bonds is 8. The fourth-order valence-corrected chi connectivity index (χ4v) is 4.85. The molecule has 2 aromatic carbocycles. The molecule has 1 fully saturated rings. The van der Waals surface area contributed by atoms with Crippen LogP contribution in [0.25, 0.3) is 17.0 Å². The maximum absolute atomic E-state index is 12.8. The lowest BCUT2D eigenvalue weighted by Gasteiger charge is -2.29. The number of benzene rings is 2. The number of ether oxygens (including phenoxy) is 2. The van der Waals surface area contributed by atoms with Gasteiger partial charge >= 0.3 is 0 Å². The second kappa shape index (κ2) is 10.7. The number of carbonyl (C=O) groups excluding carboxylic acids is 1. The highest BCUT2D eigenvalue weighted by molar-refractivity contribution is 6.33. The van der Waals surface area contributed by atoms with Crippen molar-refractivity contribution in [2.24, 2.45) is 11.5 Å². The Bertz CT molecular complexity index is 1470. The first-order chi connectivity index (χ1) is 18.4. The van der Waals surface area contributed by atoms with Gasteiger partial charge in [0.15, 0.2) is 17.3 Å². The average molecular weight is 537 g/mol. The number of primary amides is 1. The lowest BCUT2D eigenvalue weighted by molar-refractivity contribution is 0.100. The highest BCUT2D eigenvalue weighted by Gasteiger charge is 2.27. The highest BCUT2D eigenvalue weighted by Crippen LogP contribution is 2.33. The standard InChI is InChI=1S/C26H29ClN8O3/c1-37-15-11-14(12-16(13-15)38-2)30-24-21(22(29)36)25-32-23(17-7-3-4-8-18(17)27)34-35(25)26(33-24)31-20-10-6-5-9-19(20)28/h3-4,7-8,11-13,19-20,30H,5-6,9-10,28H2,1-2H3,(H2,29,36)(H,31,33)/t19-,20+/m0/s1. The van der Waals surface area contributed by atoms with E-state index in [0.717, 1.165) is 25.7 Å². The summed E-state index contributed by atoms with van der Waals surface area (Å²) in [5, 5.41) is 11.8. The predicted octanol–water partition coefficient (Wildman–Crippen LogP) is 3.99. The first-order valence-corrected chi connectivity index (χ1v) is 12.6. The Hall–Kier alpha value is -4.09. The van der Waals surface area contributed by atoms with Gasteiger partial charge in [0.2, 0.25) is 5.95 Å². The topological polar surface area (TPSA) is 155 Å². The number of halogens is 1. The number of methoxy groups -OCH3 is 2. The third-order valence-electron chi connectivity index (χ3n) is 6.60. The third kappa shape index (κ3) is 5.02. The molecular formula is C26H29ClN8O3. The second-order valence-electron chi connectivity index (χ2n) is 9.10. The van der Waals surface area contributed by atoms with E-state index in [-0.39, 0.29) is 29.1 Å². The molecule has 0 unspecified atom stereocenters. The summed E-state index contributed by atoms with van der Waals surface area (Å²) in [5.74, 6) is 1.29. The van der Waals surface area contributed by atoms with Crippen LogP contribution in [0.4, 0.5) is 17.5 Å². The number of hydrogen-bond acceptors (Lipinski definition) is 9. The molecule has 0 aliphatic heterocycles. The number of fused-ring (bicyclic) bond motifs is 1. The number of aromatic nitrogens is 4. The van der Waals surface area contributed by atoms with Crippen LogP contribution in [-0.4, -0.2) is 51.8 Å². The Morgan fingerprint density at radius 3 is 2.45 bits per heavy atom. The summed E-state index contributed by atoms with van der Waals surface area (Å²) in [7, 11) is 3.11. The largest absolute Gasteiger partial charge is 0.497 e. The molecule has 6 N–H and O–H groups in total. The monoisotopic (exact) mass is 536 g/mol. The third-order valence-corrected chi connectivity index (χ3v) is 6.92. The van der Waals surface area contributed by atoms with Crippen LogP contribution < -0.4 is 31.6 Å². The summed E-state index contributed by atoms with van der Waals surface area (Å²) in [6, 6.07) is 12.4. The minimum Gasteiger partial charge on any atom is -0.497 e. The molecule has 0 radical (unpaired) electrons. The first kappa shape index (κ1) is 25.6. The molecule has 0 spiro atoms. The molecule has 2 atom stereocenters. The van der Waals surface area contributed by atoms with Crippen LogP contribution >= 0.6 is 11.6 Å². The fraction of sp³-hybridized carbons (Fsp3) is 0.308. The number of nitrogens with one attached hydrogen (secondary N) is 2. The molecule has 1 aliphatic carbocycles. The summed E-state index contributed by atoms with van der Waals surface area (Å²) < 4.78 is 12.3. The van der Waals surface area contributed by atoms with Crippen LogP contribution in [0.3, 0.4) is 0 Å². The Kier molecular flexibility index (Phi) is 7.21. The Labute approximate surface area is 224 Å². The Morgan fingerprint density at radius 2 is 1.79 bits per heavy atom. The summed E-state index contributed by atoms with van der Waals surface area (Å²) >= 11 is 6.43. The number of amides is 1. The Balaban J connectivity index is 1.69. The summed E-state index contributed by atoms with van der Waals surface area (Å²) in [4.78, 5) is 22.2. The summed E-state index contributed by atoms with van der Waals surface area (Å²) in [5.41, 5.74) is 13.8. The number of anilines is 3. The molecule has 5 rings (SSSR count). The van der Waals surface area contributed by atoms with Crippen molar-refractivity contribution in [2.45, 2.75) is 37.8 Å². The lowest BCUT2D eigenvalue weighted by Crippen LogP contribution is -2.43. The number of hydrogen-bond donors (Lipinski definition) is 4. The van der Waals surface area contributed by atoms with Gasteiger partial charge in [0.05, 0.1) is 19.2 Å². The van der Waals surface area contributed by atoms with Gasteiger partial charge in [-0.1, -0.05) is 36.6 Å². The molecule has 11 nitrogen and oxygen atoms in total. The van der Waals surface area contributed by atoms with Gasteiger partial charge < -0.3 is 31.6 Å². The summed E-state index contributed by atoms with van der Waals surface area (Å²) in [6.07, 6.45) is 3.90. The van der Waals surface area contributed by atoms with E-state index in [1.54, 1.807) is 44.6 Å². The van der Waals surface area contributed by atoms with Crippen molar-refractivity contribution in [1.29, 1.82) is 0 Å². The van der Waals surface area contributed by atoms with Gasteiger partial charge in [-0.15, -0.1) is 5.10 Å². The summed E-state index contributed by atoms with van der Waals surface area (Å²) in [6.45, 7) is 0. The SMILES string of the molecule is COc1cc(Nc2nc(N[C@@H]3CCCC[C@@H]3N)n3nc(-c4ccccc4Cl)nc3c2C(N)=O)cc(OC)c1. The maximum Gasteiger partial charge on any atom is 0.256 e. The van der Waals surface area contributed by atoms with E-state index in [1.807, 2.05) is 12.1 Å². The van der Waals surface area contributed by atoms with E-state index < -0.39 is 5.91 Å². The smallest absolute Gasteiger partial charge is 0.256 e.